The number of nitrogens with one attached hydrogen (secondary N) is 2. The number of benzene rings is 1. The molecule has 1 aromatic carbocycles. The zero-order chi connectivity index (χ0) is 15.3. The maximum atomic E-state index is 12.3. The molecule has 4 nitrogen and oxygen atoms in total. The third kappa shape index (κ3) is 3.97. The van der Waals surface area contributed by atoms with Crippen LogP contribution in [0.15, 0.2) is 24.3 Å². The number of aliphatic hydroxyl groups is 1. The van der Waals surface area contributed by atoms with Crippen LogP contribution in [-0.2, 0) is 0 Å². The molecule has 0 saturated heterocycles. The molecule has 116 valence electrons. The number of para-hydroxylation sites is 1. The Hall–Kier alpha value is -1.55. The van der Waals surface area contributed by atoms with Gasteiger partial charge in [0, 0.05) is 19.3 Å². The minimum atomic E-state index is -0.829. The summed E-state index contributed by atoms with van der Waals surface area (Å²) in [6, 6.07) is 7.39. The Morgan fingerprint density at radius 2 is 1.95 bits per heavy atom. The number of carbonyl (C=O) groups excluding carboxylic acids is 1. The lowest BCUT2D eigenvalue weighted by molar-refractivity contribution is -0.0143. The molecule has 3 N–H and O–H groups in total. The Labute approximate surface area is 126 Å². The maximum Gasteiger partial charge on any atom is 0.253 e. The molecule has 0 bridgehead atoms. The summed E-state index contributed by atoms with van der Waals surface area (Å²) < 4.78 is 0. The predicted octanol–water partition coefficient (Wildman–Crippen LogP) is 2.79. The van der Waals surface area contributed by atoms with Gasteiger partial charge in [-0.15, -0.1) is 0 Å². The quantitative estimate of drug-likeness (QED) is 0.781. The molecule has 4 heteroatoms. The fourth-order valence-electron chi connectivity index (χ4n) is 3.12. The Bertz CT molecular complexity index is 479. The Morgan fingerprint density at radius 1 is 1.29 bits per heavy atom. The molecule has 1 aromatic rings. The second-order valence-corrected chi connectivity index (χ2v) is 6.17. The standard InChI is InChI=1S/C17H26N2O2/c1-17(21,13-8-4-3-5-9-13)12-19-16(20)14-10-6-7-11-15(14)18-2/h6-7,10-11,13,18,21H,3-5,8-9,12H2,1-2H3,(H,19,20). The van der Waals surface area contributed by atoms with Crippen molar-refractivity contribution in [2.75, 3.05) is 18.9 Å². The molecule has 2 rings (SSSR count). The monoisotopic (exact) mass is 290 g/mol. The van der Waals surface area contributed by atoms with Gasteiger partial charge >= 0.3 is 0 Å². The van der Waals surface area contributed by atoms with Crippen LogP contribution in [0.4, 0.5) is 5.69 Å². The lowest BCUT2D eigenvalue weighted by Crippen LogP contribution is -2.46. The van der Waals surface area contributed by atoms with Crippen molar-refractivity contribution in [1.82, 2.24) is 5.32 Å². The average molecular weight is 290 g/mol. The third-order valence-electron chi connectivity index (χ3n) is 4.53. The molecule has 1 atom stereocenters. The van der Waals surface area contributed by atoms with Crippen LogP contribution in [0.2, 0.25) is 0 Å². The Morgan fingerprint density at radius 3 is 2.62 bits per heavy atom. The summed E-state index contributed by atoms with van der Waals surface area (Å²) in [5, 5.41) is 16.5. The smallest absolute Gasteiger partial charge is 0.253 e. The highest BCUT2D eigenvalue weighted by Crippen LogP contribution is 2.32. The SMILES string of the molecule is CNc1ccccc1C(=O)NCC(C)(O)C1CCCCC1. The van der Waals surface area contributed by atoms with Crippen LogP contribution in [0, 0.1) is 5.92 Å². The molecule has 1 aliphatic carbocycles. The van der Waals surface area contributed by atoms with Gasteiger partial charge < -0.3 is 15.7 Å². The van der Waals surface area contributed by atoms with E-state index in [1.807, 2.05) is 25.1 Å². The van der Waals surface area contributed by atoms with Crippen molar-refractivity contribution in [2.24, 2.45) is 5.92 Å². The zero-order valence-corrected chi connectivity index (χ0v) is 13.0. The Kier molecular flexibility index (Phi) is 5.23. The number of amides is 1. The van der Waals surface area contributed by atoms with Gasteiger partial charge in [0.05, 0.1) is 11.2 Å². The van der Waals surface area contributed by atoms with Gasteiger partial charge in [-0.1, -0.05) is 31.4 Å². The molecule has 1 aliphatic rings. The number of hydrogen-bond donors (Lipinski definition) is 3. The summed E-state index contributed by atoms with van der Waals surface area (Å²) >= 11 is 0. The maximum absolute atomic E-state index is 12.3. The van der Waals surface area contributed by atoms with E-state index in [0.29, 0.717) is 12.1 Å². The largest absolute Gasteiger partial charge is 0.388 e. The minimum Gasteiger partial charge on any atom is -0.388 e. The lowest BCUT2D eigenvalue weighted by Gasteiger charge is -2.35. The van der Waals surface area contributed by atoms with E-state index in [2.05, 4.69) is 10.6 Å². The number of anilines is 1. The molecule has 0 aliphatic heterocycles. The number of carbonyl (C=O) groups is 1. The second kappa shape index (κ2) is 6.94. The van der Waals surface area contributed by atoms with Crippen molar-refractivity contribution in [3.05, 3.63) is 29.8 Å². The van der Waals surface area contributed by atoms with Crippen LogP contribution >= 0.6 is 0 Å². The fourth-order valence-corrected chi connectivity index (χ4v) is 3.12. The van der Waals surface area contributed by atoms with Crippen molar-refractivity contribution >= 4 is 11.6 Å². The number of hydrogen-bond acceptors (Lipinski definition) is 3. The summed E-state index contributed by atoms with van der Waals surface area (Å²) in [4.78, 5) is 12.3. The van der Waals surface area contributed by atoms with E-state index in [-0.39, 0.29) is 11.8 Å². The average Bonchev–Trinajstić information content (AvgIpc) is 2.53. The van der Waals surface area contributed by atoms with Gasteiger partial charge in [0.2, 0.25) is 0 Å². The van der Waals surface area contributed by atoms with Gasteiger partial charge in [0.1, 0.15) is 0 Å². The van der Waals surface area contributed by atoms with Crippen LogP contribution in [0.3, 0.4) is 0 Å². The van der Waals surface area contributed by atoms with Crippen LogP contribution in [0.5, 0.6) is 0 Å². The van der Waals surface area contributed by atoms with Gasteiger partial charge in [-0.3, -0.25) is 4.79 Å². The summed E-state index contributed by atoms with van der Waals surface area (Å²) in [7, 11) is 1.80. The molecule has 1 unspecified atom stereocenters. The van der Waals surface area contributed by atoms with Crippen LogP contribution in [0.1, 0.15) is 49.4 Å². The first-order valence-electron chi connectivity index (χ1n) is 7.82. The van der Waals surface area contributed by atoms with Gasteiger partial charge in [-0.25, -0.2) is 0 Å². The zero-order valence-electron chi connectivity index (χ0n) is 13.0. The van der Waals surface area contributed by atoms with Crippen LogP contribution in [-0.4, -0.2) is 30.2 Å². The molecule has 1 fully saturated rings. The molecule has 21 heavy (non-hydrogen) atoms. The topological polar surface area (TPSA) is 61.4 Å². The second-order valence-electron chi connectivity index (χ2n) is 6.17. The van der Waals surface area contributed by atoms with E-state index in [4.69, 9.17) is 0 Å². The molecule has 1 amide bonds. The fraction of sp³-hybridized carbons (Fsp3) is 0.588. The van der Waals surface area contributed by atoms with Gasteiger partial charge in [-0.05, 0) is 37.8 Å². The first-order valence-corrected chi connectivity index (χ1v) is 7.82. The molecule has 1 saturated carbocycles. The van der Waals surface area contributed by atoms with Crippen molar-refractivity contribution in [3.63, 3.8) is 0 Å². The van der Waals surface area contributed by atoms with E-state index in [9.17, 15) is 9.90 Å². The third-order valence-corrected chi connectivity index (χ3v) is 4.53. The highest BCUT2D eigenvalue weighted by Gasteiger charge is 2.33. The normalized spacial score (nSPS) is 18.8. The first-order chi connectivity index (χ1) is 10.0. The van der Waals surface area contributed by atoms with E-state index in [1.165, 1.54) is 19.3 Å². The van der Waals surface area contributed by atoms with E-state index in [1.54, 1.807) is 13.1 Å². The Balaban J connectivity index is 1.96. The van der Waals surface area contributed by atoms with Gasteiger partial charge in [0.15, 0.2) is 0 Å². The number of rotatable bonds is 5. The van der Waals surface area contributed by atoms with E-state index >= 15 is 0 Å². The summed E-state index contributed by atoms with van der Waals surface area (Å²) in [5.74, 6) is 0.141. The van der Waals surface area contributed by atoms with E-state index < -0.39 is 5.60 Å². The molecular weight excluding hydrogens is 264 g/mol. The van der Waals surface area contributed by atoms with Crippen LogP contribution in [0.25, 0.3) is 0 Å². The van der Waals surface area contributed by atoms with Gasteiger partial charge in [-0.2, -0.15) is 0 Å². The van der Waals surface area contributed by atoms with Crippen LogP contribution < -0.4 is 10.6 Å². The summed E-state index contributed by atoms with van der Waals surface area (Å²) in [6.45, 7) is 2.14. The first kappa shape index (κ1) is 15.8. The highest BCUT2D eigenvalue weighted by molar-refractivity contribution is 5.99. The lowest BCUT2D eigenvalue weighted by atomic mass is 9.78. The van der Waals surface area contributed by atoms with E-state index in [0.717, 1.165) is 18.5 Å². The minimum absolute atomic E-state index is 0.143. The molecule has 0 spiro atoms. The van der Waals surface area contributed by atoms with Crippen molar-refractivity contribution in [3.8, 4) is 0 Å². The summed E-state index contributed by atoms with van der Waals surface area (Å²) in [6.07, 6.45) is 5.72. The molecular formula is C17H26N2O2. The molecule has 0 radical (unpaired) electrons. The van der Waals surface area contributed by atoms with Crippen molar-refractivity contribution < 1.29 is 9.90 Å². The van der Waals surface area contributed by atoms with Crippen molar-refractivity contribution in [2.45, 2.75) is 44.6 Å². The summed E-state index contributed by atoms with van der Waals surface area (Å²) in [5.41, 5.74) is 0.580. The molecule has 0 aromatic heterocycles. The highest BCUT2D eigenvalue weighted by atomic mass is 16.3. The predicted molar refractivity (Wildman–Crippen MR) is 85.5 cm³/mol. The molecule has 0 heterocycles. The van der Waals surface area contributed by atoms with Gasteiger partial charge in [0.25, 0.3) is 5.91 Å². The van der Waals surface area contributed by atoms with Crippen molar-refractivity contribution in [1.29, 1.82) is 0 Å².